The lowest BCUT2D eigenvalue weighted by Crippen LogP contribution is -2.43. The molecule has 1 aliphatic carbocycles. The van der Waals surface area contributed by atoms with Crippen molar-refractivity contribution in [3.8, 4) is 0 Å². The first-order chi connectivity index (χ1) is 10.2. The van der Waals surface area contributed by atoms with Crippen molar-refractivity contribution in [3.05, 3.63) is 24.0 Å². The highest BCUT2D eigenvalue weighted by molar-refractivity contribution is 5.93. The summed E-state index contributed by atoms with van der Waals surface area (Å²) in [6.07, 6.45) is 8.14. The first kappa shape index (κ1) is 14.2. The minimum atomic E-state index is -0.793. The van der Waals surface area contributed by atoms with Crippen molar-refractivity contribution in [2.45, 2.75) is 44.6 Å². The van der Waals surface area contributed by atoms with Crippen LogP contribution in [0.15, 0.2) is 18.3 Å². The Balaban J connectivity index is 1.76. The zero-order chi connectivity index (χ0) is 14.8. The monoisotopic (exact) mass is 290 g/mol. The van der Waals surface area contributed by atoms with Gasteiger partial charge in [0, 0.05) is 25.3 Å². The standard InChI is InChI=1S/C16H22N2O3/c19-15(17-9-3-5-12(11-17)16(20)21)14-8-4-10-18(14)13-6-1-2-7-13/h4,8,10,12-13H,1-3,5-7,9,11H2,(H,20,21). The van der Waals surface area contributed by atoms with E-state index in [2.05, 4.69) is 4.57 Å². The van der Waals surface area contributed by atoms with Crippen molar-refractivity contribution < 1.29 is 14.7 Å². The van der Waals surface area contributed by atoms with Crippen molar-refractivity contribution in [1.29, 1.82) is 0 Å². The Bertz CT molecular complexity index is 531. The summed E-state index contributed by atoms with van der Waals surface area (Å²) < 4.78 is 2.10. The van der Waals surface area contributed by atoms with Gasteiger partial charge in [0.1, 0.15) is 5.69 Å². The highest BCUT2D eigenvalue weighted by Crippen LogP contribution is 2.31. The summed E-state index contributed by atoms with van der Waals surface area (Å²) >= 11 is 0. The molecule has 114 valence electrons. The number of piperidine rings is 1. The summed E-state index contributed by atoms with van der Waals surface area (Å²) in [5.41, 5.74) is 0.716. The topological polar surface area (TPSA) is 62.5 Å². The van der Waals surface area contributed by atoms with Crippen LogP contribution in [0.1, 0.15) is 55.1 Å². The van der Waals surface area contributed by atoms with Gasteiger partial charge in [0.25, 0.3) is 5.91 Å². The SMILES string of the molecule is O=C(O)C1CCCN(C(=O)c2cccn2C2CCCC2)C1. The van der Waals surface area contributed by atoms with Crippen LogP contribution in [0.25, 0.3) is 0 Å². The van der Waals surface area contributed by atoms with Crippen LogP contribution < -0.4 is 0 Å². The number of carboxylic acids is 1. The number of rotatable bonds is 3. The van der Waals surface area contributed by atoms with Crippen molar-refractivity contribution in [1.82, 2.24) is 9.47 Å². The maximum atomic E-state index is 12.7. The fraction of sp³-hybridized carbons (Fsp3) is 0.625. The second kappa shape index (κ2) is 5.92. The van der Waals surface area contributed by atoms with Gasteiger partial charge >= 0.3 is 5.97 Å². The molecule has 2 fully saturated rings. The number of hydrogen-bond acceptors (Lipinski definition) is 2. The molecule has 5 heteroatoms. The van der Waals surface area contributed by atoms with E-state index in [1.807, 2.05) is 18.3 Å². The van der Waals surface area contributed by atoms with E-state index in [-0.39, 0.29) is 5.91 Å². The van der Waals surface area contributed by atoms with Crippen LogP contribution >= 0.6 is 0 Å². The molecule has 1 aromatic rings. The van der Waals surface area contributed by atoms with Gasteiger partial charge in [-0.15, -0.1) is 0 Å². The molecule has 0 bridgehead atoms. The molecule has 0 aromatic carbocycles. The Kier molecular flexibility index (Phi) is 3.99. The molecular weight excluding hydrogens is 268 g/mol. The number of carboxylic acid groups (broad SMARTS) is 1. The van der Waals surface area contributed by atoms with Gasteiger partial charge in [-0.05, 0) is 37.8 Å². The molecule has 5 nitrogen and oxygen atoms in total. The quantitative estimate of drug-likeness (QED) is 0.930. The molecule has 1 atom stereocenters. The molecule has 21 heavy (non-hydrogen) atoms. The molecule has 1 aliphatic heterocycles. The fourth-order valence-corrected chi connectivity index (χ4v) is 3.60. The predicted molar refractivity (Wildman–Crippen MR) is 78.2 cm³/mol. The average molecular weight is 290 g/mol. The highest BCUT2D eigenvalue weighted by atomic mass is 16.4. The lowest BCUT2D eigenvalue weighted by molar-refractivity contribution is -0.143. The minimum Gasteiger partial charge on any atom is -0.481 e. The molecule has 0 radical (unpaired) electrons. The Morgan fingerprint density at radius 2 is 1.90 bits per heavy atom. The molecule has 1 N–H and O–H groups in total. The Morgan fingerprint density at radius 1 is 1.14 bits per heavy atom. The number of nitrogens with zero attached hydrogens (tertiary/aromatic N) is 2. The summed E-state index contributed by atoms with van der Waals surface area (Å²) in [6, 6.07) is 4.22. The van der Waals surface area contributed by atoms with Crippen LogP contribution in [0.4, 0.5) is 0 Å². The number of aliphatic carboxylic acids is 1. The third kappa shape index (κ3) is 2.82. The molecule has 1 unspecified atom stereocenters. The molecule has 1 saturated carbocycles. The van der Waals surface area contributed by atoms with Gasteiger partial charge in [0.05, 0.1) is 5.92 Å². The number of likely N-dealkylation sites (tertiary alicyclic amines) is 1. The first-order valence-corrected chi connectivity index (χ1v) is 7.85. The van der Waals surface area contributed by atoms with Gasteiger partial charge < -0.3 is 14.6 Å². The van der Waals surface area contributed by atoms with E-state index >= 15 is 0 Å². The lowest BCUT2D eigenvalue weighted by atomic mass is 9.98. The third-order valence-corrected chi connectivity index (χ3v) is 4.77. The van der Waals surface area contributed by atoms with Gasteiger partial charge in [-0.2, -0.15) is 0 Å². The van der Waals surface area contributed by atoms with E-state index in [1.54, 1.807) is 4.90 Å². The number of aromatic nitrogens is 1. The number of carbonyl (C=O) groups is 2. The molecule has 1 aromatic heterocycles. The first-order valence-electron chi connectivity index (χ1n) is 7.85. The molecule has 2 aliphatic rings. The summed E-state index contributed by atoms with van der Waals surface area (Å²) in [7, 11) is 0. The van der Waals surface area contributed by atoms with Crippen LogP contribution in [-0.2, 0) is 4.79 Å². The van der Waals surface area contributed by atoms with Crippen LogP contribution in [0.3, 0.4) is 0 Å². The van der Waals surface area contributed by atoms with E-state index in [1.165, 1.54) is 12.8 Å². The molecule has 2 heterocycles. The maximum Gasteiger partial charge on any atom is 0.308 e. The second-order valence-corrected chi connectivity index (χ2v) is 6.17. The normalized spacial score (nSPS) is 23.4. The van der Waals surface area contributed by atoms with Crippen molar-refractivity contribution in [3.63, 3.8) is 0 Å². The Hall–Kier alpha value is -1.78. The maximum absolute atomic E-state index is 12.7. The van der Waals surface area contributed by atoms with Crippen LogP contribution in [-0.4, -0.2) is 39.5 Å². The average Bonchev–Trinajstić information content (AvgIpc) is 3.17. The molecule has 1 saturated heterocycles. The molecule has 1 amide bonds. The fourth-order valence-electron chi connectivity index (χ4n) is 3.60. The van der Waals surface area contributed by atoms with Crippen LogP contribution in [0.5, 0.6) is 0 Å². The van der Waals surface area contributed by atoms with Gasteiger partial charge in [0.15, 0.2) is 0 Å². The van der Waals surface area contributed by atoms with Gasteiger partial charge in [-0.1, -0.05) is 12.8 Å². The highest BCUT2D eigenvalue weighted by Gasteiger charge is 2.30. The zero-order valence-corrected chi connectivity index (χ0v) is 12.2. The van der Waals surface area contributed by atoms with E-state index in [4.69, 9.17) is 5.11 Å². The van der Waals surface area contributed by atoms with Gasteiger partial charge in [0.2, 0.25) is 0 Å². The summed E-state index contributed by atoms with van der Waals surface area (Å²) in [6.45, 7) is 1.00. The number of amides is 1. The second-order valence-electron chi connectivity index (χ2n) is 6.17. The largest absolute Gasteiger partial charge is 0.481 e. The lowest BCUT2D eigenvalue weighted by Gasteiger charge is -2.31. The Labute approximate surface area is 124 Å². The number of hydrogen-bond donors (Lipinski definition) is 1. The summed E-state index contributed by atoms with van der Waals surface area (Å²) in [4.78, 5) is 25.6. The van der Waals surface area contributed by atoms with Gasteiger partial charge in [-0.25, -0.2) is 0 Å². The smallest absolute Gasteiger partial charge is 0.308 e. The summed E-state index contributed by atoms with van der Waals surface area (Å²) in [5.74, 6) is -1.23. The van der Waals surface area contributed by atoms with Crippen molar-refractivity contribution in [2.24, 2.45) is 5.92 Å². The predicted octanol–water partition coefficient (Wildman–Crippen LogP) is 2.54. The van der Waals surface area contributed by atoms with E-state index in [9.17, 15) is 9.59 Å². The molecule has 0 spiro atoms. The van der Waals surface area contributed by atoms with Crippen LogP contribution in [0.2, 0.25) is 0 Å². The minimum absolute atomic E-state index is 0.0159. The zero-order valence-electron chi connectivity index (χ0n) is 12.2. The Morgan fingerprint density at radius 3 is 2.62 bits per heavy atom. The molecule has 3 rings (SSSR count). The molecular formula is C16H22N2O3. The number of carbonyl (C=O) groups excluding carboxylic acids is 1. The summed E-state index contributed by atoms with van der Waals surface area (Å²) in [5, 5.41) is 9.15. The van der Waals surface area contributed by atoms with Crippen LogP contribution in [0, 0.1) is 5.92 Å². The van der Waals surface area contributed by atoms with E-state index in [0.29, 0.717) is 31.2 Å². The van der Waals surface area contributed by atoms with Crippen molar-refractivity contribution in [2.75, 3.05) is 13.1 Å². The van der Waals surface area contributed by atoms with E-state index in [0.717, 1.165) is 19.3 Å². The van der Waals surface area contributed by atoms with E-state index < -0.39 is 11.9 Å². The third-order valence-electron chi connectivity index (χ3n) is 4.77. The van der Waals surface area contributed by atoms with Crippen molar-refractivity contribution >= 4 is 11.9 Å². The van der Waals surface area contributed by atoms with Gasteiger partial charge in [-0.3, -0.25) is 9.59 Å².